The number of nitrogens with zero attached hydrogens (tertiary/aromatic N) is 1. The molecule has 1 aromatic heterocycles. The molecule has 1 aliphatic heterocycles. The van der Waals surface area contributed by atoms with Crippen LogP contribution < -0.4 is 5.32 Å². The van der Waals surface area contributed by atoms with Crippen molar-refractivity contribution in [2.75, 3.05) is 7.11 Å². The molecule has 1 aromatic rings. The van der Waals surface area contributed by atoms with Gasteiger partial charge in [0.2, 0.25) is 0 Å². The third-order valence-corrected chi connectivity index (χ3v) is 5.43. The molecular formula is C19H29BN2O5. The highest BCUT2D eigenvalue weighted by atomic mass is 16.7. The van der Waals surface area contributed by atoms with Crippen LogP contribution in [0.25, 0.3) is 0 Å². The predicted octanol–water partition coefficient (Wildman–Crippen LogP) is 2.47. The molecule has 1 amide bonds. The molecule has 2 atom stereocenters. The molecule has 0 saturated carbocycles. The van der Waals surface area contributed by atoms with Gasteiger partial charge in [0, 0.05) is 6.20 Å². The second kappa shape index (κ2) is 8.40. The molecule has 2 heterocycles. The van der Waals surface area contributed by atoms with Crippen molar-refractivity contribution in [2.45, 2.75) is 64.6 Å². The minimum absolute atomic E-state index is 0.209. The third kappa shape index (κ3) is 4.87. The Bertz CT molecular complexity index is 649. The lowest BCUT2D eigenvalue weighted by molar-refractivity contribution is -0.144. The molecule has 0 unspecified atom stereocenters. The topological polar surface area (TPSA) is 86.8 Å². The number of methoxy groups -OCH3 is 1. The summed E-state index contributed by atoms with van der Waals surface area (Å²) in [4.78, 5) is 28.9. The van der Waals surface area contributed by atoms with E-state index in [9.17, 15) is 9.59 Å². The summed E-state index contributed by atoms with van der Waals surface area (Å²) in [6.45, 7) is 9.88. The first kappa shape index (κ1) is 21.4. The van der Waals surface area contributed by atoms with Crippen molar-refractivity contribution in [2.24, 2.45) is 5.92 Å². The van der Waals surface area contributed by atoms with Crippen LogP contribution >= 0.6 is 0 Å². The molecule has 0 spiro atoms. The third-order valence-electron chi connectivity index (χ3n) is 5.43. The van der Waals surface area contributed by atoms with E-state index in [0.717, 1.165) is 0 Å². The summed E-state index contributed by atoms with van der Waals surface area (Å²) >= 11 is 0. The first-order valence-electron chi connectivity index (χ1n) is 9.26. The molecule has 1 aliphatic rings. The van der Waals surface area contributed by atoms with Crippen molar-refractivity contribution in [3.05, 3.63) is 30.1 Å². The fraction of sp³-hybridized carbons (Fsp3) is 0.632. The van der Waals surface area contributed by atoms with E-state index in [-0.39, 0.29) is 11.6 Å². The summed E-state index contributed by atoms with van der Waals surface area (Å²) in [5.41, 5.74) is -0.654. The number of hydrogen-bond donors (Lipinski definition) is 1. The molecule has 148 valence electrons. The van der Waals surface area contributed by atoms with Gasteiger partial charge in [0.05, 0.1) is 18.3 Å². The molecule has 0 aromatic carbocycles. The maximum Gasteiger partial charge on any atom is 0.458 e. The zero-order valence-corrected chi connectivity index (χ0v) is 16.9. The van der Waals surface area contributed by atoms with Crippen LogP contribution in [0, 0.1) is 5.92 Å². The minimum atomic E-state index is -0.812. The van der Waals surface area contributed by atoms with Gasteiger partial charge in [-0.1, -0.05) is 19.4 Å². The van der Waals surface area contributed by atoms with Gasteiger partial charge >= 0.3 is 13.1 Å². The number of esters is 1. The summed E-state index contributed by atoms with van der Waals surface area (Å²) < 4.78 is 17.0. The van der Waals surface area contributed by atoms with Gasteiger partial charge in [0.1, 0.15) is 11.7 Å². The van der Waals surface area contributed by atoms with Crippen LogP contribution in [0.5, 0.6) is 0 Å². The fourth-order valence-electron chi connectivity index (χ4n) is 3.06. The normalized spacial score (nSPS) is 20.0. The summed E-state index contributed by atoms with van der Waals surface area (Å²) in [5, 5.41) is 2.76. The molecule has 0 aliphatic carbocycles. The summed E-state index contributed by atoms with van der Waals surface area (Å²) in [7, 11) is 0.850. The highest BCUT2D eigenvalue weighted by molar-refractivity contribution is 6.45. The predicted molar refractivity (Wildman–Crippen MR) is 102 cm³/mol. The van der Waals surface area contributed by atoms with E-state index >= 15 is 0 Å². The summed E-state index contributed by atoms with van der Waals surface area (Å²) in [6.07, 6.45) is 2.64. The fourth-order valence-corrected chi connectivity index (χ4v) is 3.06. The van der Waals surface area contributed by atoms with Gasteiger partial charge in [-0.2, -0.15) is 0 Å². The van der Waals surface area contributed by atoms with E-state index in [0.29, 0.717) is 12.7 Å². The van der Waals surface area contributed by atoms with Crippen LogP contribution in [-0.4, -0.2) is 48.3 Å². The average Bonchev–Trinajstić information content (AvgIpc) is 2.84. The maximum atomic E-state index is 12.5. The standard InChI is InChI=1S/C19H29BN2O5/c1-7-13(12-20-26-18(2,3)19(4,5)27-20)15(17(24)25-6)22-16(23)14-10-8-9-11-21-14/h8-11,13,15H,7,12H2,1-6H3,(H,22,23)/t13-,15+/m1/s1. The van der Waals surface area contributed by atoms with E-state index < -0.39 is 36.2 Å². The van der Waals surface area contributed by atoms with Crippen LogP contribution in [0.4, 0.5) is 0 Å². The Hall–Kier alpha value is -1.93. The molecule has 0 bridgehead atoms. The van der Waals surface area contributed by atoms with Gasteiger partial charge in [-0.05, 0) is 52.1 Å². The van der Waals surface area contributed by atoms with E-state index in [1.54, 1.807) is 18.2 Å². The Kier molecular flexibility index (Phi) is 6.65. The Labute approximate surface area is 161 Å². The van der Waals surface area contributed by atoms with Gasteiger partial charge in [-0.15, -0.1) is 0 Å². The molecule has 8 heteroatoms. The Morgan fingerprint density at radius 3 is 2.33 bits per heavy atom. The Morgan fingerprint density at radius 1 is 1.22 bits per heavy atom. The molecule has 7 nitrogen and oxygen atoms in total. The zero-order chi connectivity index (χ0) is 20.2. The average molecular weight is 376 g/mol. The molecule has 27 heavy (non-hydrogen) atoms. The lowest BCUT2D eigenvalue weighted by Crippen LogP contribution is -2.47. The van der Waals surface area contributed by atoms with E-state index in [4.69, 9.17) is 14.0 Å². The van der Waals surface area contributed by atoms with Crippen LogP contribution in [0.2, 0.25) is 6.32 Å². The van der Waals surface area contributed by atoms with Crippen molar-refractivity contribution in [3.63, 3.8) is 0 Å². The monoisotopic (exact) mass is 376 g/mol. The summed E-state index contributed by atoms with van der Waals surface area (Å²) in [6, 6.07) is 4.23. The number of carbonyl (C=O) groups excluding carboxylic acids is 2. The van der Waals surface area contributed by atoms with E-state index in [2.05, 4.69) is 10.3 Å². The molecule has 2 rings (SSSR count). The number of pyridine rings is 1. The lowest BCUT2D eigenvalue weighted by atomic mass is 9.73. The zero-order valence-electron chi connectivity index (χ0n) is 16.9. The van der Waals surface area contributed by atoms with E-state index in [1.807, 2.05) is 34.6 Å². The molecule has 0 radical (unpaired) electrons. The smallest absolute Gasteiger partial charge is 0.458 e. The first-order chi connectivity index (χ1) is 12.6. The molecule has 1 saturated heterocycles. The number of aromatic nitrogens is 1. The second-order valence-electron chi connectivity index (χ2n) is 7.78. The van der Waals surface area contributed by atoms with Crippen molar-refractivity contribution < 1.29 is 23.6 Å². The number of rotatable bonds is 7. The van der Waals surface area contributed by atoms with Crippen LogP contribution in [0.1, 0.15) is 51.5 Å². The number of hydrogen-bond acceptors (Lipinski definition) is 6. The van der Waals surface area contributed by atoms with Crippen molar-refractivity contribution >= 4 is 19.0 Å². The number of nitrogens with one attached hydrogen (secondary N) is 1. The first-order valence-corrected chi connectivity index (χ1v) is 9.26. The molecular weight excluding hydrogens is 347 g/mol. The quantitative estimate of drug-likeness (QED) is 0.581. The highest BCUT2D eigenvalue weighted by Gasteiger charge is 2.52. The van der Waals surface area contributed by atoms with Crippen molar-refractivity contribution in [1.29, 1.82) is 0 Å². The van der Waals surface area contributed by atoms with Gasteiger partial charge in [0.25, 0.3) is 5.91 Å². The molecule has 1 fully saturated rings. The molecule has 1 N–H and O–H groups in total. The Morgan fingerprint density at radius 2 is 1.85 bits per heavy atom. The highest BCUT2D eigenvalue weighted by Crippen LogP contribution is 2.39. The van der Waals surface area contributed by atoms with Crippen LogP contribution in [0.3, 0.4) is 0 Å². The minimum Gasteiger partial charge on any atom is -0.467 e. The van der Waals surface area contributed by atoms with Crippen LogP contribution in [0.15, 0.2) is 24.4 Å². The Balaban J connectivity index is 2.14. The second-order valence-corrected chi connectivity index (χ2v) is 7.78. The number of ether oxygens (including phenoxy) is 1. The number of carbonyl (C=O) groups is 2. The van der Waals surface area contributed by atoms with Gasteiger partial charge in [0.15, 0.2) is 0 Å². The summed E-state index contributed by atoms with van der Waals surface area (Å²) in [5.74, 6) is -1.12. The van der Waals surface area contributed by atoms with Gasteiger partial charge in [-0.3, -0.25) is 9.78 Å². The SMILES string of the molecule is CC[C@H](CB1OC(C)(C)C(C)(C)O1)[C@H](NC(=O)c1ccccn1)C(=O)OC. The van der Waals surface area contributed by atoms with Crippen molar-refractivity contribution in [3.8, 4) is 0 Å². The van der Waals surface area contributed by atoms with Gasteiger partial charge < -0.3 is 19.4 Å². The van der Waals surface area contributed by atoms with Crippen LogP contribution in [-0.2, 0) is 18.8 Å². The largest absolute Gasteiger partial charge is 0.467 e. The van der Waals surface area contributed by atoms with Gasteiger partial charge in [-0.25, -0.2) is 4.79 Å². The lowest BCUT2D eigenvalue weighted by Gasteiger charge is -2.32. The maximum absolute atomic E-state index is 12.5. The number of amides is 1. The van der Waals surface area contributed by atoms with Crippen molar-refractivity contribution in [1.82, 2.24) is 10.3 Å². The van der Waals surface area contributed by atoms with E-state index in [1.165, 1.54) is 13.3 Å².